The van der Waals surface area contributed by atoms with Gasteiger partial charge in [-0.25, -0.2) is 0 Å². The lowest BCUT2D eigenvalue weighted by atomic mass is 10.1. The minimum atomic E-state index is 0.000918. The molecular weight excluding hydrogens is 326 g/mol. The highest BCUT2D eigenvalue weighted by molar-refractivity contribution is 6.31. The molecule has 6 heteroatoms. The first-order valence-electron chi connectivity index (χ1n) is 8.22. The molecule has 1 atom stereocenters. The molecule has 1 amide bonds. The summed E-state index contributed by atoms with van der Waals surface area (Å²) in [5.41, 5.74) is 2.15. The summed E-state index contributed by atoms with van der Waals surface area (Å²) in [4.78, 5) is 14.4. The maximum atomic E-state index is 12.5. The summed E-state index contributed by atoms with van der Waals surface area (Å²) in [5.74, 6) is 0.173. The molecule has 1 aromatic carbocycles. The van der Waals surface area contributed by atoms with Crippen molar-refractivity contribution in [2.75, 3.05) is 19.7 Å². The fraction of sp³-hybridized carbons (Fsp3) is 0.444. The molecule has 0 bridgehead atoms. The largest absolute Gasteiger partial charge is 0.374 e. The van der Waals surface area contributed by atoms with Gasteiger partial charge in [-0.15, -0.1) is 0 Å². The van der Waals surface area contributed by atoms with Crippen LogP contribution in [-0.4, -0.2) is 46.4 Å². The molecule has 5 nitrogen and oxygen atoms in total. The van der Waals surface area contributed by atoms with Gasteiger partial charge < -0.3 is 9.64 Å². The van der Waals surface area contributed by atoms with E-state index in [1.165, 1.54) is 0 Å². The van der Waals surface area contributed by atoms with Crippen molar-refractivity contribution in [1.29, 1.82) is 0 Å². The Kier molecular flexibility index (Phi) is 5.53. The highest BCUT2D eigenvalue weighted by Gasteiger charge is 2.24. The van der Waals surface area contributed by atoms with E-state index in [0.717, 1.165) is 29.0 Å². The molecule has 0 radical (unpaired) electrons. The second-order valence-electron chi connectivity index (χ2n) is 6.15. The van der Waals surface area contributed by atoms with E-state index in [9.17, 15) is 4.79 Å². The van der Waals surface area contributed by atoms with E-state index in [1.807, 2.05) is 48.6 Å². The molecule has 1 aliphatic rings. The van der Waals surface area contributed by atoms with Crippen molar-refractivity contribution < 1.29 is 9.53 Å². The summed E-state index contributed by atoms with van der Waals surface area (Å²) in [7, 11) is 1.88. The number of nitrogens with zero attached hydrogens (tertiary/aromatic N) is 3. The topological polar surface area (TPSA) is 47.4 Å². The van der Waals surface area contributed by atoms with Crippen LogP contribution in [0.3, 0.4) is 0 Å². The zero-order valence-electron chi connectivity index (χ0n) is 13.8. The minimum absolute atomic E-state index is 0.000918. The molecule has 1 aliphatic heterocycles. The molecule has 3 rings (SSSR count). The predicted octanol–water partition coefficient (Wildman–Crippen LogP) is 2.48. The van der Waals surface area contributed by atoms with Crippen molar-refractivity contribution in [1.82, 2.24) is 14.7 Å². The average Bonchev–Trinajstić information content (AvgIpc) is 3.00. The van der Waals surface area contributed by atoms with Crippen molar-refractivity contribution in [3.05, 3.63) is 52.8 Å². The Morgan fingerprint density at radius 1 is 1.42 bits per heavy atom. The van der Waals surface area contributed by atoms with E-state index >= 15 is 0 Å². The third-order valence-electron chi connectivity index (χ3n) is 4.28. The standard InChI is InChI=1S/C18H22ClN3O2/c1-21-12-14(11-20-21)6-7-18(23)22-8-9-24-16(13-22)10-15-4-2-3-5-17(15)19/h2-5,11-12,16H,6-10,13H2,1H3. The molecule has 0 spiro atoms. The predicted molar refractivity (Wildman–Crippen MR) is 93.0 cm³/mol. The number of carbonyl (C=O) groups is 1. The van der Waals surface area contributed by atoms with E-state index in [4.69, 9.17) is 16.3 Å². The van der Waals surface area contributed by atoms with Gasteiger partial charge in [0.15, 0.2) is 0 Å². The van der Waals surface area contributed by atoms with E-state index < -0.39 is 0 Å². The van der Waals surface area contributed by atoms with Crippen molar-refractivity contribution in [2.45, 2.75) is 25.4 Å². The van der Waals surface area contributed by atoms with Gasteiger partial charge in [-0.3, -0.25) is 9.48 Å². The van der Waals surface area contributed by atoms with Gasteiger partial charge in [0.05, 0.1) is 18.9 Å². The van der Waals surface area contributed by atoms with Gasteiger partial charge in [0, 0.05) is 44.2 Å². The zero-order valence-corrected chi connectivity index (χ0v) is 14.6. The lowest BCUT2D eigenvalue weighted by Gasteiger charge is -2.33. The SMILES string of the molecule is Cn1cc(CCC(=O)N2CCOC(Cc3ccccc3Cl)C2)cn1. The Hall–Kier alpha value is -1.85. The van der Waals surface area contributed by atoms with E-state index in [1.54, 1.807) is 4.68 Å². The van der Waals surface area contributed by atoms with Crippen molar-refractivity contribution in [2.24, 2.45) is 7.05 Å². The van der Waals surface area contributed by atoms with Crippen molar-refractivity contribution >= 4 is 17.5 Å². The number of rotatable bonds is 5. The third kappa shape index (κ3) is 4.36. The van der Waals surface area contributed by atoms with Crippen LogP contribution in [0.5, 0.6) is 0 Å². The lowest BCUT2D eigenvalue weighted by Crippen LogP contribution is -2.46. The Morgan fingerprint density at radius 3 is 3.00 bits per heavy atom. The quantitative estimate of drug-likeness (QED) is 0.834. The Balaban J connectivity index is 1.53. The van der Waals surface area contributed by atoms with Gasteiger partial charge in [0.25, 0.3) is 0 Å². The van der Waals surface area contributed by atoms with E-state index in [0.29, 0.717) is 26.1 Å². The van der Waals surface area contributed by atoms with Crippen LogP contribution in [0.25, 0.3) is 0 Å². The van der Waals surface area contributed by atoms with E-state index in [-0.39, 0.29) is 12.0 Å². The summed E-state index contributed by atoms with van der Waals surface area (Å²) < 4.78 is 7.58. The van der Waals surface area contributed by atoms with Crippen molar-refractivity contribution in [3.63, 3.8) is 0 Å². The maximum Gasteiger partial charge on any atom is 0.223 e. The number of aromatic nitrogens is 2. The van der Waals surface area contributed by atoms with Crippen LogP contribution >= 0.6 is 11.6 Å². The van der Waals surface area contributed by atoms with Gasteiger partial charge in [0.2, 0.25) is 5.91 Å². The van der Waals surface area contributed by atoms with Gasteiger partial charge in [-0.05, 0) is 23.6 Å². The second-order valence-corrected chi connectivity index (χ2v) is 6.56. The first-order valence-corrected chi connectivity index (χ1v) is 8.60. The van der Waals surface area contributed by atoms with Crippen LogP contribution in [0.1, 0.15) is 17.5 Å². The number of amides is 1. The highest BCUT2D eigenvalue weighted by atomic mass is 35.5. The van der Waals surface area contributed by atoms with Gasteiger partial charge in [-0.2, -0.15) is 5.10 Å². The van der Waals surface area contributed by atoms with E-state index in [2.05, 4.69) is 5.10 Å². The molecule has 1 saturated heterocycles. The van der Waals surface area contributed by atoms with Crippen LogP contribution < -0.4 is 0 Å². The number of hydrogen-bond acceptors (Lipinski definition) is 3. The molecule has 24 heavy (non-hydrogen) atoms. The van der Waals surface area contributed by atoms with Crippen LogP contribution in [0.2, 0.25) is 5.02 Å². The van der Waals surface area contributed by atoms with Crippen LogP contribution in [0.4, 0.5) is 0 Å². The summed E-state index contributed by atoms with van der Waals surface area (Å²) in [5, 5.41) is 4.88. The first-order chi connectivity index (χ1) is 11.6. The molecular formula is C18H22ClN3O2. The maximum absolute atomic E-state index is 12.5. The Labute approximate surface area is 147 Å². The van der Waals surface area contributed by atoms with Gasteiger partial charge in [-0.1, -0.05) is 29.8 Å². The third-order valence-corrected chi connectivity index (χ3v) is 4.65. The fourth-order valence-electron chi connectivity index (χ4n) is 2.99. The lowest BCUT2D eigenvalue weighted by molar-refractivity contribution is -0.138. The number of halogens is 1. The second kappa shape index (κ2) is 7.81. The summed E-state index contributed by atoms with van der Waals surface area (Å²) in [6.45, 7) is 1.86. The number of benzene rings is 1. The Bertz CT molecular complexity index is 701. The molecule has 1 aromatic heterocycles. The molecule has 0 N–H and O–H groups in total. The molecule has 1 unspecified atom stereocenters. The van der Waals surface area contributed by atoms with Gasteiger partial charge >= 0.3 is 0 Å². The van der Waals surface area contributed by atoms with Crippen molar-refractivity contribution in [3.8, 4) is 0 Å². The van der Waals surface area contributed by atoms with Gasteiger partial charge in [0.1, 0.15) is 0 Å². The first kappa shape index (κ1) is 17.0. The fourth-order valence-corrected chi connectivity index (χ4v) is 3.20. The van der Waals surface area contributed by atoms with Crippen LogP contribution in [0.15, 0.2) is 36.7 Å². The number of aryl methyl sites for hydroxylation is 2. The number of carbonyl (C=O) groups excluding carboxylic acids is 1. The smallest absolute Gasteiger partial charge is 0.223 e. The molecule has 2 aromatic rings. The number of hydrogen-bond donors (Lipinski definition) is 0. The number of ether oxygens (including phenoxy) is 1. The monoisotopic (exact) mass is 347 g/mol. The number of morpholine rings is 1. The zero-order chi connectivity index (χ0) is 16.9. The molecule has 0 saturated carbocycles. The normalized spacial score (nSPS) is 17.9. The molecule has 2 heterocycles. The molecule has 0 aliphatic carbocycles. The summed E-state index contributed by atoms with van der Waals surface area (Å²) >= 11 is 6.22. The minimum Gasteiger partial charge on any atom is -0.374 e. The highest BCUT2D eigenvalue weighted by Crippen LogP contribution is 2.20. The van der Waals surface area contributed by atoms with Crippen LogP contribution in [0, 0.1) is 0 Å². The Morgan fingerprint density at radius 2 is 2.25 bits per heavy atom. The molecule has 1 fully saturated rings. The average molecular weight is 348 g/mol. The summed E-state index contributed by atoms with van der Waals surface area (Å²) in [6.07, 6.45) is 5.72. The molecule has 128 valence electrons. The summed E-state index contributed by atoms with van der Waals surface area (Å²) in [6, 6.07) is 7.79. The van der Waals surface area contributed by atoms with Crippen LogP contribution in [-0.2, 0) is 29.4 Å².